The highest BCUT2D eigenvalue weighted by atomic mass is 16.1. The number of primary amides is 2. The first-order valence-corrected chi connectivity index (χ1v) is 4.44. The molecule has 0 spiro atoms. The zero-order valence-corrected chi connectivity index (χ0v) is 8.18. The van der Waals surface area contributed by atoms with Crippen LogP contribution in [0.25, 0.3) is 11.0 Å². The summed E-state index contributed by atoms with van der Waals surface area (Å²) < 4.78 is 0. The van der Waals surface area contributed by atoms with Crippen molar-refractivity contribution in [1.29, 1.82) is 0 Å². The maximum Gasteiger partial charge on any atom is 0.268 e. The number of carbonyl (C=O) groups excluding carboxylic acids is 2. The quantitative estimate of drug-likeness (QED) is 0.725. The number of rotatable bonds is 2. The van der Waals surface area contributed by atoms with Crippen LogP contribution in [0.2, 0.25) is 0 Å². The lowest BCUT2D eigenvalue weighted by molar-refractivity contribution is 0.0990. The third-order valence-electron chi connectivity index (χ3n) is 2.08. The summed E-state index contributed by atoms with van der Waals surface area (Å²) in [5.41, 5.74) is 11.5. The molecule has 0 atom stereocenters. The Morgan fingerprint density at radius 3 is 2.44 bits per heavy atom. The SMILES string of the molecule is NC(=O)c1ccc2ncc(C(N)=O)nc2c1. The van der Waals surface area contributed by atoms with Gasteiger partial charge in [0.05, 0.1) is 17.2 Å². The molecule has 6 nitrogen and oxygen atoms in total. The maximum absolute atomic E-state index is 10.9. The van der Waals surface area contributed by atoms with Crippen molar-refractivity contribution in [1.82, 2.24) is 9.97 Å². The van der Waals surface area contributed by atoms with E-state index >= 15 is 0 Å². The van der Waals surface area contributed by atoms with E-state index in [1.807, 2.05) is 0 Å². The van der Waals surface area contributed by atoms with Crippen LogP contribution in [0.1, 0.15) is 20.8 Å². The second-order valence-corrected chi connectivity index (χ2v) is 3.19. The Morgan fingerprint density at radius 2 is 1.81 bits per heavy atom. The van der Waals surface area contributed by atoms with Crippen LogP contribution in [0.3, 0.4) is 0 Å². The summed E-state index contributed by atoms with van der Waals surface area (Å²) in [5, 5.41) is 0. The van der Waals surface area contributed by atoms with E-state index in [1.54, 1.807) is 12.1 Å². The van der Waals surface area contributed by atoms with Crippen LogP contribution in [0.5, 0.6) is 0 Å². The van der Waals surface area contributed by atoms with Crippen LogP contribution in [-0.2, 0) is 0 Å². The number of nitrogens with zero attached hydrogens (tertiary/aromatic N) is 2. The second kappa shape index (κ2) is 3.58. The summed E-state index contributed by atoms with van der Waals surface area (Å²) in [6.07, 6.45) is 1.29. The molecule has 0 aliphatic carbocycles. The summed E-state index contributed by atoms with van der Waals surface area (Å²) in [5.74, 6) is -1.23. The van der Waals surface area contributed by atoms with Gasteiger partial charge in [-0.1, -0.05) is 0 Å². The zero-order chi connectivity index (χ0) is 11.7. The molecule has 0 saturated carbocycles. The minimum Gasteiger partial charge on any atom is -0.366 e. The van der Waals surface area contributed by atoms with Crippen LogP contribution in [0, 0.1) is 0 Å². The van der Waals surface area contributed by atoms with Gasteiger partial charge in [-0.2, -0.15) is 0 Å². The predicted octanol–water partition coefficient (Wildman–Crippen LogP) is -0.172. The third kappa shape index (κ3) is 1.68. The number of carbonyl (C=O) groups is 2. The number of hydrogen-bond acceptors (Lipinski definition) is 4. The average molecular weight is 216 g/mol. The fourth-order valence-electron chi connectivity index (χ4n) is 1.28. The molecule has 0 unspecified atom stereocenters. The second-order valence-electron chi connectivity index (χ2n) is 3.19. The summed E-state index contributed by atoms with van der Waals surface area (Å²) in [7, 11) is 0. The Morgan fingerprint density at radius 1 is 1.06 bits per heavy atom. The Balaban J connectivity index is 2.65. The molecular formula is C10H8N4O2. The van der Waals surface area contributed by atoms with E-state index in [4.69, 9.17) is 11.5 Å². The van der Waals surface area contributed by atoms with Crippen LogP contribution >= 0.6 is 0 Å². The van der Waals surface area contributed by atoms with Gasteiger partial charge < -0.3 is 11.5 Å². The molecule has 0 saturated heterocycles. The maximum atomic E-state index is 10.9. The van der Waals surface area contributed by atoms with Crippen molar-refractivity contribution in [3.05, 3.63) is 35.7 Å². The summed E-state index contributed by atoms with van der Waals surface area (Å²) in [4.78, 5) is 29.8. The highest BCUT2D eigenvalue weighted by molar-refractivity contribution is 5.97. The number of benzene rings is 1. The molecule has 1 heterocycles. The number of aromatic nitrogens is 2. The highest BCUT2D eigenvalue weighted by Crippen LogP contribution is 2.11. The monoisotopic (exact) mass is 216 g/mol. The summed E-state index contributed by atoms with van der Waals surface area (Å²) in [6.45, 7) is 0. The Labute approximate surface area is 90.3 Å². The summed E-state index contributed by atoms with van der Waals surface area (Å²) in [6, 6.07) is 4.62. The molecule has 0 fully saturated rings. The molecule has 0 bridgehead atoms. The van der Waals surface area contributed by atoms with Gasteiger partial charge in [0.15, 0.2) is 0 Å². The van der Waals surface area contributed by atoms with Crippen LogP contribution in [0.15, 0.2) is 24.4 Å². The van der Waals surface area contributed by atoms with Gasteiger partial charge in [0.25, 0.3) is 5.91 Å². The molecule has 2 aromatic rings. The van der Waals surface area contributed by atoms with Gasteiger partial charge in [-0.15, -0.1) is 0 Å². The molecule has 6 heteroatoms. The van der Waals surface area contributed by atoms with Gasteiger partial charge >= 0.3 is 0 Å². The smallest absolute Gasteiger partial charge is 0.268 e. The van der Waals surface area contributed by atoms with Crippen molar-refractivity contribution >= 4 is 22.8 Å². The lowest BCUT2D eigenvalue weighted by Gasteiger charge is -2.00. The van der Waals surface area contributed by atoms with Gasteiger partial charge in [-0.05, 0) is 18.2 Å². The molecule has 1 aromatic carbocycles. The Bertz CT molecular complexity index is 546. The predicted molar refractivity (Wildman–Crippen MR) is 56.6 cm³/mol. The lowest BCUT2D eigenvalue weighted by Crippen LogP contribution is -2.14. The van der Waals surface area contributed by atoms with Crippen molar-refractivity contribution in [2.75, 3.05) is 0 Å². The normalized spacial score (nSPS) is 10.2. The van der Waals surface area contributed by atoms with Gasteiger partial charge in [0.2, 0.25) is 5.91 Å². The fraction of sp³-hybridized carbons (Fsp3) is 0. The van der Waals surface area contributed by atoms with E-state index < -0.39 is 11.8 Å². The van der Waals surface area contributed by atoms with Crippen LogP contribution in [0.4, 0.5) is 0 Å². The first-order chi connectivity index (χ1) is 7.58. The average Bonchev–Trinajstić information content (AvgIpc) is 2.27. The third-order valence-corrected chi connectivity index (χ3v) is 2.08. The van der Waals surface area contributed by atoms with Crippen LogP contribution < -0.4 is 11.5 Å². The Kier molecular flexibility index (Phi) is 2.24. The Hall–Kier alpha value is -2.50. The van der Waals surface area contributed by atoms with Crippen molar-refractivity contribution in [2.24, 2.45) is 11.5 Å². The number of fused-ring (bicyclic) bond motifs is 1. The summed E-state index contributed by atoms with van der Waals surface area (Å²) >= 11 is 0. The zero-order valence-electron chi connectivity index (χ0n) is 8.18. The largest absolute Gasteiger partial charge is 0.366 e. The van der Waals surface area contributed by atoms with E-state index in [0.717, 1.165) is 0 Å². The van der Waals surface area contributed by atoms with Crippen molar-refractivity contribution in [3.8, 4) is 0 Å². The van der Waals surface area contributed by atoms with E-state index in [9.17, 15) is 9.59 Å². The lowest BCUT2D eigenvalue weighted by atomic mass is 10.2. The standard InChI is InChI=1S/C10H8N4O2/c11-9(15)5-1-2-6-7(3-5)14-8(4-13-6)10(12)16/h1-4H,(H2,11,15)(H2,12,16). The van der Waals surface area contributed by atoms with Crippen molar-refractivity contribution < 1.29 is 9.59 Å². The van der Waals surface area contributed by atoms with Crippen molar-refractivity contribution in [2.45, 2.75) is 0 Å². The van der Waals surface area contributed by atoms with Crippen molar-refractivity contribution in [3.63, 3.8) is 0 Å². The molecule has 80 valence electrons. The first-order valence-electron chi connectivity index (χ1n) is 4.44. The molecule has 0 aliphatic rings. The molecule has 2 amide bonds. The van der Waals surface area contributed by atoms with Gasteiger partial charge in [0, 0.05) is 5.56 Å². The highest BCUT2D eigenvalue weighted by Gasteiger charge is 2.07. The van der Waals surface area contributed by atoms with Gasteiger partial charge in [0.1, 0.15) is 5.69 Å². The topological polar surface area (TPSA) is 112 Å². The molecule has 1 aromatic heterocycles. The number of amides is 2. The van der Waals surface area contributed by atoms with E-state index in [1.165, 1.54) is 12.3 Å². The van der Waals surface area contributed by atoms with E-state index in [2.05, 4.69) is 9.97 Å². The minimum absolute atomic E-state index is 0.0501. The molecule has 0 aliphatic heterocycles. The van der Waals surface area contributed by atoms with Crippen LogP contribution in [-0.4, -0.2) is 21.8 Å². The first kappa shape index (κ1) is 10.0. The minimum atomic E-state index is -0.668. The fourth-order valence-corrected chi connectivity index (χ4v) is 1.28. The number of hydrogen-bond donors (Lipinski definition) is 2. The van der Waals surface area contributed by atoms with Gasteiger partial charge in [-0.25, -0.2) is 4.98 Å². The van der Waals surface area contributed by atoms with Gasteiger partial charge in [-0.3, -0.25) is 14.6 Å². The molecule has 16 heavy (non-hydrogen) atoms. The molecule has 2 rings (SSSR count). The van der Waals surface area contributed by atoms with E-state index in [-0.39, 0.29) is 5.69 Å². The molecule has 0 radical (unpaired) electrons. The molecular weight excluding hydrogens is 208 g/mol. The number of nitrogens with two attached hydrogens (primary N) is 2. The van der Waals surface area contributed by atoms with E-state index in [0.29, 0.717) is 16.6 Å². The molecule has 4 N–H and O–H groups in total.